The molecule has 1 aliphatic rings. The number of hydrogen-bond acceptors (Lipinski definition) is 4. The van der Waals surface area contributed by atoms with E-state index in [9.17, 15) is 12.8 Å². The van der Waals surface area contributed by atoms with Gasteiger partial charge in [-0.1, -0.05) is 0 Å². The molecule has 100 valence electrons. The van der Waals surface area contributed by atoms with E-state index in [1.165, 1.54) is 22.7 Å². The zero-order chi connectivity index (χ0) is 13.3. The van der Waals surface area contributed by atoms with Crippen LogP contribution in [-0.4, -0.2) is 45.2 Å². The summed E-state index contributed by atoms with van der Waals surface area (Å²) in [6.07, 6.45) is 1.20. The molecule has 1 saturated heterocycles. The molecule has 1 aromatic rings. The fourth-order valence-electron chi connectivity index (χ4n) is 2.06. The minimum atomic E-state index is -3.14. The molecule has 0 radical (unpaired) electrons. The van der Waals surface area contributed by atoms with E-state index in [4.69, 9.17) is 5.73 Å². The van der Waals surface area contributed by atoms with Crippen LogP contribution in [0.3, 0.4) is 0 Å². The molecule has 1 aromatic carbocycles. The normalized spacial score (nSPS) is 18.0. The first-order chi connectivity index (χ1) is 8.36. The van der Waals surface area contributed by atoms with Gasteiger partial charge in [0.2, 0.25) is 10.0 Å². The molecule has 2 N–H and O–H groups in total. The smallest absolute Gasteiger partial charge is 0.211 e. The number of nitrogens with two attached hydrogens (primary N) is 1. The summed E-state index contributed by atoms with van der Waals surface area (Å²) in [4.78, 5) is 1.93. The molecule has 0 amide bonds. The number of halogens is 1. The number of piperazine rings is 1. The number of nitrogens with zero attached hydrogens (tertiary/aromatic N) is 2. The second-order valence-electron chi connectivity index (χ2n) is 4.39. The Morgan fingerprint density at radius 3 is 2.28 bits per heavy atom. The lowest BCUT2D eigenvalue weighted by atomic mass is 10.2. The quantitative estimate of drug-likeness (QED) is 0.796. The van der Waals surface area contributed by atoms with Crippen molar-refractivity contribution >= 4 is 21.4 Å². The molecular weight excluding hydrogens is 257 g/mol. The predicted octanol–water partition coefficient (Wildman–Crippen LogP) is 0.489. The Balaban J connectivity index is 2.10. The molecule has 18 heavy (non-hydrogen) atoms. The van der Waals surface area contributed by atoms with Gasteiger partial charge in [-0.3, -0.25) is 0 Å². The summed E-state index contributed by atoms with van der Waals surface area (Å²) in [5.41, 5.74) is 6.66. The van der Waals surface area contributed by atoms with E-state index < -0.39 is 10.0 Å². The van der Waals surface area contributed by atoms with Crippen molar-refractivity contribution in [2.24, 2.45) is 0 Å². The van der Waals surface area contributed by atoms with Crippen molar-refractivity contribution in [2.45, 2.75) is 0 Å². The third-order valence-corrected chi connectivity index (χ3v) is 4.28. The summed E-state index contributed by atoms with van der Waals surface area (Å²) < 4.78 is 37.4. The minimum Gasteiger partial charge on any atom is -0.399 e. The highest BCUT2D eigenvalue weighted by atomic mass is 32.2. The topological polar surface area (TPSA) is 66.6 Å². The maximum Gasteiger partial charge on any atom is 0.211 e. The average Bonchev–Trinajstić information content (AvgIpc) is 2.27. The van der Waals surface area contributed by atoms with Gasteiger partial charge in [0, 0.05) is 37.6 Å². The van der Waals surface area contributed by atoms with Crippen LogP contribution in [0.15, 0.2) is 18.2 Å². The van der Waals surface area contributed by atoms with Crippen LogP contribution in [0.4, 0.5) is 15.8 Å². The summed E-state index contributed by atoms with van der Waals surface area (Å²) >= 11 is 0. The third-order valence-electron chi connectivity index (χ3n) is 2.98. The van der Waals surface area contributed by atoms with Gasteiger partial charge >= 0.3 is 0 Å². The Bertz CT molecular complexity index is 519. The summed E-state index contributed by atoms with van der Waals surface area (Å²) in [5.74, 6) is -0.379. The number of sulfonamides is 1. The van der Waals surface area contributed by atoms with Crippen LogP contribution in [0.1, 0.15) is 0 Å². The molecule has 0 saturated carbocycles. The molecule has 7 heteroatoms. The number of benzene rings is 1. The van der Waals surface area contributed by atoms with Crippen molar-refractivity contribution in [2.75, 3.05) is 43.1 Å². The van der Waals surface area contributed by atoms with E-state index in [0.29, 0.717) is 37.6 Å². The Hall–Kier alpha value is -1.34. The lowest BCUT2D eigenvalue weighted by Crippen LogP contribution is -2.48. The highest BCUT2D eigenvalue weighted by Crippen LogP contribution is 2.21. The van der Waals surface area contributed by atoms with Gasteiger partial charge < -0.3 is 10.6 Å². The van der Waals surface area contributed by atoms with Crippen molar-refractivity contribution in [3.63, 3.8) is 0 Å². The molecule has 0 bridgehead atoms. The molecule has 0 unspecified atom stereocenters. The van der Waals surface area contributed by atoms with Crippen LogP contribution in [-0.2, 0) is 10.0 Å². The monoisotopic (exact) mass is 273 g/mol. The van der Waals surface area contributed by atoms with Gasteiger partial charge in [0.15, 0.2) is 0 Å². The number of rotatable bonds is 2. The number of hydrogen-bond donors (Lipinski definition) is 1. The van der Waals surface area contributed by atoms with Gasteiger partial charge in [0.1, 0.15) is 5.82 Å². The van der Waals surface area contributed by atoms with Crippen molar-refractivity contribution in [1.82, 2.24) is 4.31 Å². The molecular formula is C11H16FN3O2S. The summed E-state index contributed by atoms with van der Waals surface area (Å²) in [7, 11) is -3.14. The van der Waals surface area contributed by atoms with Gasteiger partial charge in [-0.25, -0.2) is 12.8 Å². The average molecular weight is 273 g/mol. The van der Waals surface area contributed by atoms with Gasteiger partial charge in [-0.05, 0) is 18.2 Å². The second-order valence-corrected chi connectivity index (χ2v) is 6.37. The van der Waals surface area contributed by atoms with Crippen molar-refractivity contribution in [1.29, 1.82) is 0 Å². The zero-order valence-corrected chi connectivity index (χ0v) is 11.0. The van der Waals surface area contributed by atoms with Crippen molar-refractivity contribution < 1.29 is 12.8 Å². The lowest BCUT2D eigenvalue weighted by Gasteiger charge is -2.34. The molecule has 2 rings (SSSR count). The minimum absolute atomic E-state index is 0.371. The number of anilines is 2. The largest absolute Gasteiger partial charge is 0.399 e. The predicted molar refractivity (Wildman–Crippen MR) is 69.4 cm³/mol. The SMILES string of the molecule is CS(=O)(=O)N1CCN(c2cc(N)cc(F)c2)CC1. The van der Waals surface area contributed by atoms with E-state index in [2.05, 4.69) is 0 Å². The zero-order valence-electron chi connectivity index (χ0n) is 10.1. The Morgan fingerprint density at radius 1 is 1.17 bits per heavy atom. The van der Waals surface area contributed by atoms with E-state index in [1.54, 1.807) is 6.07 Å². The molecule has 0 atom stereocenters. The number of nitrogen functional groups attached to an aromatic ring is 1. The first kappa shape index (κ1) is 13.1. The fraction of sp³-hybridized carbons (Fsp3) is 0.455. The van der Waals surface area contributed by atoms with E-state index >= 15 is 0 Å². The van der Waals surface area contributed by atoms with E-state index in [-0.39, 0.29) is 5.82 Å². The maximum atomic E-state index is 13.2. The molecule has 0 aliphatic carbocycles. The highest BCUT2D eigenvalue weighted by molar-refractivity contribution is 7.88. The lowest BCUT2D eigenvalue weighted by molar-refractivity contribution is 0.388. The Morgan fingerprint density at radius 2 is 1.78 bits per heavy atom. The Kier molecular flexibility index (Phi) is 3.45. The molecule has 0 spiro atoms. The van der Waals surface area contributed by atoms with Crippen LogP contribution >= 0.6 is 0 Å². The van der Waals surface area contributed by atoms with Crippen LogP contribution in [0.2, 0.25) is 0 Å². The second kappa shape index (κ2) is 4.74. The van der Waals surface area contributed by atoms with Crippen molar-refractivity contribution in [3.05, 3.63) is 24.0 Å². The van der Waals surface area contributed by atoms with E-state index in [0.717, 1.165) is 0 Å². The van der Waals surface area contributed by atoms with Gasteiger partial charge in [0.05, 0.1) is 6.26 Å². The first-order valence-corrected chi connectivity index (χ1v) is 7.47. The van der Waals surface area contributed by atoms with Crippen LogP contribution in [0.5, 0.6) is 0 Å². The molecule has 1 fully saturated rings. The molecule has 0 aromatic heterocycles. The summed E-state index contributed by atoms with van der Waals surface area (Å²) in [6.45, 7) is 1.90. The van der Waals surface area contributed by atoms with E-state index in [1.807, 2.05) is 4.90 Å². The van der Waals surface area contributed by atoms with Gasteiger partial charge in [-0.15, -0.1) is 0 Å². The summed E-state index contributed by atoms with van der Waals surface area (Å²) in [6, 6.07) is 4.36. The van der Waals surface area contributed by atoms with Crippen LogP contribution < -0.4 is 10.6 Å². The third kappa shape index (κ3) is 2.91. The fourth-order valence-corrected chi connectivity index (χ4v) is 2.88. The van der Waals surface area contributed by atoms with Gasteiger partial charge in [0.25, 0.3) is 0 Å². The van der Waals surface area contributed by atoms with Crippen LogP contribution in [0.25, 0.3) is 0 Å². The van der Waals surface area contributed by atoms with Gasteiger partial charge in [-0.2, -0.15) is 4.31 Å². The molecule has 1 heterocycles. The Labute approximate surface area is 106 Å². The standard InChI is InChI=1S/C11H16FN3O2S/c1-18(16,17)15-4-2-14(3-5-15)11-7-9(12)6-10(13)8-11/h6-8H,2-5,13H2,1H3. The van der Waals surface area contributed by atoms with Crippen LogP contribution in [0, 0.1) is 5.82 Å². The first-order valence-electron chi connectivity index (χ1n) is 5.62. The molecule has 1 aliphatic heterocycles. The maximum absolute atomic E-state index is 13.2. The highest BCUT2D eigenvalue weighted by Gasteiger charge is 2.23. The van der Waals surface area contributed by atoms with Crippen molar-refractivity contribution in [3.8, 4) is 0 Å². The molecule has 5 nitrogen and oxygen atoms in total. The summed E-state index contributed by atoms with van der Waals surface area (Å²) in [5, 5.41) is 0.